The zero-order valence-corrected chi connectivity index (χ0v) is 13.3. The molecule has 0 aliphatic heterocycles. The summed E-state index contributed by atoms with van der Waals surface area (Å²) in [5.41, 5.74) is 2.55. The Bertz CT molecular complexity index is 639. The van der Waals surface area contributed by atoms with E-state index in [1.807, 2.05) is 24.3 Å². The molecular weight excluding hydrogens is 286 g/mol. The smallest absolute Gasteiger partial charge is 0.224 e. The minimum Gasteiger partial charge on any atom is -0.370 e. The van der Waals surface area contributed by atoms with E-state index in [-0.39, 0.29) is 0 Å². The van der Waals surface area contributed by atoms with Crippen molar-refractivity contribution in [1.29, 1.82) is 0 Å². The SMILES string of the molecule is C1=C(CCNc2ccnc(NCc3ccccn3)n2)CCCC1. The zero-order chi connectivity index (χ0) is 15.7. The van der Waals surface area contributed by atoms with Gasteiger partial charge in [0.1, 0.15) is 5.82 Å². The number of allylic oxidation sites excluding steroid dienone is 1. The highest BCUT2D eigenvalue weighted by Crippen LogP contribution is 2.20. The molecule has 1 aliphatic rings. The molecule has 3 rings (SSSR count). The Morgan fingerprint density at radius 1 is 1.00 bits per heavy atom. The van der Waals surface area contributed by atoms with Gasteiger partial charge in [0.15, 0.2) is 0 Å². The zero-order valence-electron chi connectivity index (χ0n) is 13.3. The number of pyridine rings is 1. The van der Waals surface area contributed by atoms with Crippen molar-refractivity contribution in [2.75, 3.05) is 17.2 Å². The first-order valence-corrected chi connectivity index (χ1v) is 8.29. The number of nitrogens with zero attached hydrogens (tertiary/aromatic N) is 3. The predicted octanol–water partition coefficient (Wildman–Crippen LogP) is 3.79. The number of hydrogen-bond acceptors (Lipinski definition) is 5. The van der Waals surface area contributed by atoms with Gasteiger partial charge in [-0.05, 0) is 50.3 Å². The van der Waals surface area contributed by atoms with Crippen LogP contribution in [0.5, 0.6) is 0 Å². The van der Waals surface area contributed by atoms with Crippen LogP contribution in [0.4, 0.5) is 11.8 Å². The fourth-order valence-electron chi connectivity index (χ4n) is 2.70. The summed E-state index contributed by atoms with van der Waals surface area (Å²) in [5, 5.41) is 6.59. The molecule has 5 heteroatoms. The molecule has 2 heterocycles. The molecule has 2 aromatic rings. The van der Waals surface area contributed by atoms with Crippen molar-refractivity contribution in [2.24, 2.45) is 0 Å². The number of anilines is 2. The molecule has 5 nitrogen and oxygen atoms in total. The van der Waals surface area contributed by atoms with Crippen LogP contribution < -0.4 is 10.6 Å². The highest BCUT2D eigenvalue weighted by molar-refractivity contribution is 5.39. The quantitative estimate of drug-likeness (QED) is 0.762. The summed E-state index contributed by atoms with van der Waals surface area (Å²) in [6.07, 6.45) is 12.2. The Hall–Kier alpha value is -2.43. The number of rotatable bonds is 7. The Morgan fingerprint density at radius 3 is 2.83 bits per heavy atom. The van der Waals surface area contributed by atoms with E-state index < -0.39 is 0 Å². The lowest BCUT2D eigenvalue weighted by Gasteiger charge is -2.13. The van der Waals surface area contributed by atoms with Gasteiger partial charge in [0, 0.05) is 18.9 Å². The van der Waals surface area contributed by atoms with E-state index in [0.717, 1.165) is 24.5 Å². The first-order chi connectivity index (χ1) is 11.4. The Balaban J connectivity index is 1.48. The van der Waals surface area contributed by atoms with E-state index >= 15 is 0 Å². The number of hydrogen-bond donors (Lipinski definition) is 2. The first kappa shape index (κ1) is 15.5. The van der Waals surface area contributed by atoms with E-state index in [2.05, 4.69) is 31.7 Å². The number of nitrogens with one attached hydrogen (secondary N) is 2. The van der Waals surface area contributed by atoms with Gasteiger partial charge in [-0.3, -0.25) is 4.98 Å². The Kier molecular flexibility index (Phi) is 5.56. The van der Waals surface area contributed by atoms with Crippen LogP contribution in [0.3, 0.4) is 0 Å². The van der Waals surface area contributed by atoms with Crippen molar-refractivity contribution < 1.29 is 0 Å². The second-order valence-corrected chi connectivity index (χ2v) is 5.73. The van der Waals surface area contributed by atoms with Crippen LogP contribution in [0.1, 0.15) is 37.8 Å². The van der Waals surface area contributed by atoms with E-state index in [4.69, 9.17) is 0 Å². The molecule has 0 atom stereocenters. The monoisotopic (exact) mass is 309 g/mol. The Morgan fingerprint density at radius 2 is 2.00 bits per heavy atom. The maximum atomic E-state index is 4.49. The van der Waals surface area contributed by atoms with Crippen LogP contribution in [-0.2, 0) is 6.54 Å². The highest BCUT2D eigenvalue weighted by Gasteiger charge is 2.04. The standard InChI is InChI=1S/C18H23N5/c1-2-6-15(7-3-1)9-12-20-17-10-13-21-18(23-17)22-14-16-8-4-5-11-19-16/h4-6,8,10-11,13H,1-3,7,9,12,14H2,(H2,20,21,22,23). The minimum absolute atomic E-state index is 0.622. The molecule has 0 bridgehead atoms. The van der Waals surface area contributed by atoms with Gasteiger partial charge >= 0.3 is 0 Å². The van der Waals surface area contributed by atoms with Crippen LogP contribution in [0.2, 0.25) is 0 Å². The molecule has 0 spiro atoms. The summed E-state index contributed by atoms with van der Waals surface area (Å²) >= 11 is 0. The van der Waals surface area contributed by atoms with E-state index in [9.17, 15) is 0 Å². The number of aromatic nitrogens is 3. The summed E-state index contributed by atoms with van der Waals surface area (Å²) in [5.74, 6) is 1.48. The first-order valence-electron chi connectivity index (χ1n) is 8.29. The topological polar surface area (TPSA) is 62.7 Å². The summed E-state index contributed by atoms with van der Waals surface area (Å²) in [6, 6.07) is 7.77. The third-order valence-corrected chi connectivity index (χ3v) is 3.95. The maximum Gasteiger partial charge on any atom is 0.224 e. The molecule has 23 heavy (non-hydrogen) atoms. The van der Waals surface area contributed by atoms with Crippen LogP contribution in [0.25, 0.3) is 0 Å². The molecule has 0 amide bonds. The van der Waals surface area contributed by atoms with Crippen molar-refractivity contribution in [1.82, 2.24) is 15.0 Å². The lowest BCUT2D eigenvalue weighted by atomic mass is 9.97. The molecule has 0 fully saturated rings. The normalized spacial score (nSPS) is 14.2. The van der Waals surface area contributed by atoms with Crippen molar-refractivity contribution >= 4 is 11.8 Å². The van der Waals surface area contributed by atoms with Crippen LogP contribution in [0.15, 0.2) is 48.3 Å². The van der Waals surface area contributed by atoms with Crippen molar-refractivity contribution in [3.63, 3.8) is 0 Å². The maximum absolute atomic E-state index is 4.49. The summed E-state index contributed by atoms with van der Waals surface area (Å²) in [6.45, 7) is 1.54. The highest BCUT2D eigenvalue weighted by atomic mass is 15.1. The average Bonchev–Trinajstić information content (AvgIpc) is 2.62. The molecule has 2 N–H and O–H groups in total. The molecule has 0 saturated heterocycles. The van der Waals surface area contributed by atoms with Crippen molar-refractivity contribution in [3.05, 3.63) is 54.0 Å². The fourth-order valence-corrected chi connectivity index (χ4v) is 2.70. The van der Waals surface area contributed by atoms with Crippen molar-refractivity contribution in [3.8, 4) is 0 Å². The lowest BCUT2D eigenvalue weighted by Crippen LogP contribution is -2.09. The molecule has 0 radical (unpaired) electrons. The van der Waals surface area contributed by atoms with Gasteiger partial charge in [-0.2, -0.15) is 4.98 Å². The summed E-state index contributed by atoms with van der Waals surface area (Å²) in [4.78, 5) is 13.0. The predicted molar refractivity (Wildman–Crippen MR) is 93.3 cm³/mol. The molecule has 2 aromatic heterocycles. The van der Waals surface area contributed by atoms with Gasteiger partial charge in [0.25, 0.3) is 0 Å². The van der Waals surface area contributed by atoms with Gasteiger partial charge in [-0.25, -0.2) is 4.98 Å². The van der Waals surface area contributed by atoms with Gasteiger partial charge in [0.2, 0.25) is 5.95 Å². The van der Waals surface area contributed by atoms with Gasteiger partial charge in [-0.1, -0.05) is 17.7 Å². The minimum atomic E-state index is 0.622. The van der Waals surface area contributed by atoms with E-state index in [0.29, 0.717) is 12.5 Å². The summed E-state index contributed by atoms with van der Waals surface area (Å²) in [7, 11) is 0. The van der Waals surface area contributed by atoms with Gasteiger partial charge in [-0.15, -0.1) is 0 Å². The second kappa shape index (κ2) is 8.27. The van der Waals surface area contributed by atoms with E-state index in [1.54, 1.807) is 18.0 Å². The largest absolute Gasteiger partial charge is 0.370 e. The van der Waals surface area contributed by atoms with Crippen LogP contribution >= 0.6 is 0 Å². The second-order valence-electron chi connectivity index (χ2n) is 5.73. The van der Waals surface area contributed by atoms with Gasteiger partial charge < -0.3 is 10.6 Å². The molecule has 0 saturated carbocycles. The molecule has 0 unspecified atom stereocenters. The van der Waals surface area contributed by atoms with E-state index in [1.165, 1.54) is 25.7 Å². The molecule has 0 aromatic carbocycles. The molecule has 120 valence electrons. The third-order valence-electron chi connectivity index (χ3n) is 3.95. The van der Waals surface area contributed by atoms with Gasteiger partial charge in [0.05, 0.1) is 12.2 Å². The Labute approximate surface area is 137 Å². The lowest BCUT2D eigenvalue weighted by molar-refractivity contribution is 0.679. The average molecular weight is 309 g/mol. The van der Waals surface area contributed by atoms with Crippen molar-refractivity contribution in [2.45, 2.75) is 38.6 Å². The van der Waals surface area contributed by atoms with Crippen LogP contribution in [-0.4, -0.2) is 21.5 Å². The third kappa shape index (κ3) is 5.06. The summed E-state index contributed by atoms with van der Waals surface area (Å²) < 4.78 is 0. The molecule has 1 aliphatic carbocycles. The molecular formula is C18H23N5. The fraction of sp³-hybridized carbons (Fsp3) is 0.389. The van der Waals surface area contributed by atoms with Crippen LogP contribution in [0, 0.1) is 0 Å².